The summed E-state index contributed by atoms with van der Waals surface area (Å²) in [7, 11) is 0. The second-order valence-electron chi connectivity index (χ2n) is 5.45. The highest BCUT2D eigenvalue weighted by atomic mass is 32.1. The zero-order valence-electron chi connectivity index (χ0n) is 11.8. The summed E-state index contributed by atoms with van der Waals surface area (Å²) >= 11 is 3.15. The fourth-order valence-corrected chi connectivity index (χ4v) is 4.50. The highest BCUT2D eigenvalue weighted by Crippen LogP contribution is 2.33. The van der Waals surface area contributed by atoms with E-state index in [9.17, 15) is 0 Å². The lowest BCUT2D eigenvalue weighted by Crippen LogP contribution is -2.33. The van der Waals surface area contributed by atoms with Gasteiger partial charge in [0.2, 0.25) is 5.13 Å². The van der Waals surface area contributed by atoms with Gasteiger partial charge < -0.3 is 5.73 Å². The number of nitrogen functional groups attached to an aromatic ring is 1. The first kappa shape index (κ1) is 13.9. The minimum atomic E-state index is 0.513. The van der Waals surface area contributed by atoms with Crippen molar-refractivity contribution in [1.29, 1.82) is 0 Å². The third-order valence-electron chi connectivity index (χ3n) is 3.58. The monoisotopic (exact) mass is 309 g/mol. The number of thiazole rings is 1. The van der Waals surface area contributed by atoms with Crippen LogP contribution >= 0.6 is 22.7 Å². The van der Waals surface area contributed by atoms with E-state index in [4.69, 9.17) is 10.7 Å². The normalized spacial score (nSPS) is 20.4. The molecule has 0 radical (unpaired) electrons. The number of hydrogen-bond acceptors (Lipinski definition) is 7. The van der Waals surface area contributed by atoms with Crippen molar-refractivity contribution in [3.8, 4) is 9.88 Å². The Morgan fingerprint density at radius 1 is 1.35 bits per heavy atom. The van der Waals surface area contributed by atoms with Gasteiger partial charge in [0.25, 0.3) is 0 Å². The molecule has 0 aromatic carbocycles. The zero-order valence-corrected chi connectivity index (χ0v) is 13.4. The van der Waals surface area contributed by atoms with Crippen LogP contribution in [-0.4, -0.2) is 33.2 Å². The Morgan fingerprint density at radius 3 is 2.90 bits per heavy atom. The number of piperidine rings is 1. The van der Waals surface area contributed by atoms with Gasteiger partial charge in [0.1, 0.15) is 5.01 Å². The molecule has 1 fully saturated rings. The van der Waals surface area contributed by atoms with Gasteiger partial charge in [0, 0.05) is 6.54 Å². The van der Waals surface area contributed by atoms with Gasteiger partial charge in [0.15, 0.2) is 5.01 Å². The Kier molecular flexibility index (Phi) is 4.00. The fourth-order valence-electron chi connectivity index (χ4n) is 2.67. The van der Waals surface area contributed by atoms with E-state index in [0.29, 0.717) is 5.13 Å². The maximum absolute atomic E-state index is 5.66. The summed E-state index contributed by atoms with van der Waals surface area (Å²) in [5.41, 5.74) is 6.69. The zero-order chi connectivity index (χ0) is 14.1. The van der Waals surface area contributed by atoms with Gasteiger partial charge in [0.05, 0.1) is 17.1 Å². The predicted octanol–water partition coefficient (Wildman–Crippen LogP) is 2.78. The Balaban J connectivity index is 1.75. The van der Waals surface area contributed by atoms with E-state index < -0.39 is 0 Å². The number of nitrogens with zero attached hydrogens (tertiary/aromatic N) is 4. The van der Waals surface area contributed by atoms with Crippen molar-refractivity contribution in [3.63, 3.8) is 0 Å². The molecule has 1 saturated heterocycles. The molecular formula is C13H19N5S2. The van der Waals surface area contributed by atoms with Crippen LogP contribution in [0.25, 0.3) is 9.88 Å². The molecule has 20 heavy (non-hydrogen) atoms. The second-order valence-corrected chi connectivity index (χ2v) is 7.54. The van der Waals surface area contributed by atoms with E-state index in [1.165, 1.54) is 42.3 Å². The average molecular weight is 309 g/mol. The van der Waals surface area contributed by atoms with Gasteiger partial charge in [-0.25, -0.2) is 4.98 Å². The SMILES string of the molecule is Cc1nc(CN2CCCC(C)C2)sc1-c1nnc(N)s1. The molecule has 0 amide bonds. The van der Waals surface area contributed by atoms with Crippen LogP contribution in [0.2, 0.25) is 0 Å². The summed E-state index contributed by atoms with van der Waals surface area (Å²) < 4.78 is 0. The van der Waals surface area contributed by atoms with Gasteiger partial charge in [-0.3, -0.25) is 4.90 Å². The summed E-state index contributed by atoms with van der Waals surface area (Å²) in [5.74, 6) is 0.798. The second kappa shape index (κ2) is 5.75. The molecule has 108 valence electrons. The lowest BCUT2D eigenvalue weighted by atomic mass is 10.0. The van der Waals surface area contributed by atoms with Gasteiger partial charge in [-0.15, -0.1) is 21.5 Å². The molecule has 0 spiro atoms. The molecule has 3 rings (SSSR count). The lowest BCUT2D eigenvalue weighted by molar-refractivity contribution is 0.176. The molecule has 2 N–H and O–H groups in total. The minimum absolute atomic E-state index is 0.513. The first-order chi connectivity index (χ1) is 9.61. The first-order valence-electron chi connectivity index (χ1n) is 6.90. The number of nitrogens with two attached hydrogens (primary N) is 1. The Morgan fingerprint density at radius 2 is 2.20 bits per heavy atom. The van der Waals surface area contributed by atoms with Crippen LogP contribution in [0, 0.1) is 12.8 Å². The topological polar surface area (TPSA) is 67.9 Å². The number of aromatic nitrogens is 3. The number of hydrogen-bond donors (Lipinski definition) is 1. The number of rotatable bonds is 3. The van der Waals surface area contributed by atoms with Gasteiger partial charge in [-0.1, -0.05) is 18.3 Å². The summed E-state index contributed by atoms with van der Waals surface area (Å²) in [6.07, 6.45) is 2.65. The molecule has 0 aliphatic carbocycles. The van der Waals surface area contributed by atoms with Crippen LogP contribution in [0.4, 0.5) is 5.13 Å². The summed E-state index contributed by atoms with van der Waals surface area (Å²) in [6.45, 7) is 7.67. The van der Waals surface area contributed by atoms with Crippen molar-refractivity contribution in [2.45, 2.75) is 33.2 Å². The smallest absolute Gasteiger partial charge is 0.203 e. The van der Waals surface area contributed by atoms with Crippen LogP contribution in [0.1, 0.15) is 30.5 Å². The van der Waals surface area contributed by atoms with E-state index in [-0.39, 0.29) is 0 Å². The third-order valence-corrected chi connectivity index (χ3v) is 5.62. The Labute approximate surface area is 126 Å². The van der Waals surface area contributed by atoms with Crippen molar-refractivity contribution in [2.24, 2.45) is 5.92 Å². The third kappa shape index (κ3) is 2.99. The Bertz CT molecular complexity index is 591. The number of likely N-dealkylation sites (tertiary alicyclic amines) is 1. The van der Waals surface area contributed by atoms with E-state index >= 15 is 0 Å². The van der Waals surface area contributed by atoms with Crippen molar-refractivity contribution in [2.75, 3.05) is 18.8 Å². The van der Waals surface area contributed by atoms with Gasteiger partial charge >= 0.3 is 0 Å². The van der Waals surface area contributed by atoms with Crippen LogP contribution in [0.3, 0.4) is 0 Å². The summed E-state index contributed by atoms with van der Waals surface area (Å²) in [6, 6.07) is 0. The maximum atomic E-state index is 5.66. The van der Waals surface area contributed by atoms with E-state index in [0.717, 1.165) is 28.0 Å². The van der Waals surface area contributed by atoms with E-state index in [1.54, 1.807) is 11.3 Å². The highest BCUT2D eigenvalue weighted by Gasteiger charge is 2.19. The first-order valence-corrected chi connectivity index (χ1v) is 8.53. The molecule has 1 aliphatic heterocycles. The molecule has 2 aromatic heterocycles. The highest BCUT2D eigenvalue weighted by molar-refractivity contribution is 7.23. The van der Waals surface area contributed by atoms with Crippen molar-refractivity contribution in [3.05, 3.63) is 10.7 Å². The largest absolute Gasteiger partial charge is 0.374 e. The summed E-state index contributed by atoms with van der Waals surface area (Å²) in [5, 5.41) is 10.6. The van der Waals surface area contributed by atoms with E-state index in [1.807, 2.05) is 6.92 Å². The Hall–Kier alpha value is -1.05. The fraction of sp³-hybridized carbons (Fsp3) is 0.615. The molecule has 0 saturated carbocycles. The standard InChI is InChI=1S/C13H19N5S2/c1-8-4-3-5-18(6-8)7-10-15-9(2)11(19-10)12-16-17-13(14)20-12/h8H,3-7H2,1-2H3,(H2,14,17). The van der Waals surface area contributed by atoms with Crippen molar-refractivity contribution < 1.29 is 0 Å². The number of aryl methyl sites for hydroxylation is 1. The molecular weight excluding hydrogens is 290 g/mol. The van der Waals surface area contributed by atoms with Crippen molar-refractivity contribution >= 4 is 27.8 Å². The molecule has 1 atom stereocenters. The van der Waals surface area contributed by atoms with Crippen molar-refractivity contribution in [1.82, 2.24) is 20.1 Å². The average Bonchev–Trinajstić information content (AvgIpc) is 2.96. The van der Waals surface area contributed by atoms with Gasteiger partial charge in [-0.2, -0.15) is 0 Å². The molecule has 5 nitrogen and oxygen atoms in total. The number of anilines is 1. The van der Waals surface area contributed by atoms with E-state index in [2.05, 4.69) is 22.0 Å². The lowest BCUT2D eigenvalue weighted by Gasteiger charge is -2.29. The van der Waals surface area contributed by atoms with Crippen LogP contribution in [0.15, 0.2) is 0 Å². The van der Waals surface area contributed by atoms with Crippen LogP contribution in [-0.2, 0) is 6.54 Å². The van der Waals surface area contributed by atoms with Crippen LogP contribution < -0.4 is 5.73 Å². The molecule has 2 aromatic rings. The minimum Gasteiger partial charge on any atom is -0.374 e. The molecule has 7 heteroatoms. The molecule has 0 bridgehead atoms. The molecule has 1 aliphatic rings. The molecule has 3 heterocycles. The van der Waals surface area contributed by atoms with Gasteiger partial charge in [-0.05, 0) is 32.2 Å². The quantitative estimate of drug-likeness (QED) is 0.944. The maximum Gasteiger partial charge on any atom is 0.203 e. The molecule has 1 unspecified atom stereocenters. The predicted molar refractivity (Wildman–Crippen MR) is 83.8 cm³/mol. The summed E-state index contributed by atoms with van der Waals surface area (Å²) in [4.78, 5) is 8.31. The van der Waals surface area contributed by atoms with Crippen LogP contribution in [0.5, 0.6) is 0 Å².